The fourth-order valence-corrected chi connectivity index (χ4v) is 5.47. The Hall–Kier alpha value is -3.71. The topological polar surface area (TPSA) is 166 Å². The van der Waals surface area contributed by atoms with Crippen LogP contribution in [0.3, 0.4) is 0 Å². The zero-order valence-electron chi connectivity index (χ0n) is 21.7. The number of ether oxygens (including phenoxy) is 1. The van der Waals surface area contributed by atoms with Crippen molar-refractivity contribution in [2.45, 2.75) is 24.8 Å². The first-order valence-electron chi connectivity index (χ1n) is 11.5. The Morgan fingerprint density at radius 1 is 1.19 bits per heavy atom. The lowest BCUT2D eigenvalue weighted by molar-refractivity contribution is -0.146. The number of rotatable bonds is 8. The summed E-state index contributed by atoms with van der Waals surface area (Å²) in [6.07, 6.45) is -5.00. The monoisotopic (exact) mass is 657 g/mol. The van der Waals surface area contributed by atoms with E-state index < -0.39 is 85.7 Å². The number of amidine groups is 1. The van der Waals surface area contributed by atoms with Gasteiger partial charge >= 0.3 is 17.8 Å². The minimum absolute atomic E-state index is 0.0509. The second-order valence-corrected chi connectivity index (χ2v) is 11.9. The van der Waals surface area contributed by atoms with Crippen molar-refractivity contribution in [3.63, 3.8) is 0 Å². The van der Waals surface area contributed by atoms with Gasteiger partial charge in [0.15, 0.2) is 5.17 Å². The molecule has 13 nitrogen and oxygen atoms in total. The van der Waals surface area contributed by atoms with Crippen LogP contribution in [0.2, 0.25) is 5.02 Å². The highest BCUT2D eigenvalue weighted by molar-refractivity contribution is 8.15. The molecule has 1 aliphatic heterocycles. The molecule has 0 bridgehead atoms. The minimum atomic E-state index is -5.06. The number of aromatic nitrogens is 2. The number of hydrogen-bond acceptors (Lipinski definition) is 10. The minimum Gasteiger partial charge on any atom is -0.465 e. The normalized spacial score (nSPS) is 16.7. The SMILES string of the molecule is CCOC(=O)CN1C(=O)C(CC(=O)NS(C)(=O)=O)S/C1=N\c1cc(-n2c(=O)cc(C(F)(F)F)n(C)c2=O)c(F)cc1Cl. The van der Waals surface area contributed by atoms with Gasteiger partial charge in [0, 0.05) is 19.5 Å². The van der Waals surface area contributed by atoms with Crippen LogP contribution < -0.4 is 16.0 Å². The molecule has 0 aliphatic carbocycles. The number of alkyl halides is 3. The third-order valence-corrected chi connectivity index (χ3v) is 7.44. The molecule has 1 saturated heterocycles. The van der Waals surface area contributed by atoms with Gasteiger partial charge in [-0.1, -0.05) is 23.4 Å². The summed E-state index contributed by atoms with van der Waals surface area (Å²) in [6, 6.07) is 1.48. The van der Waals surface area contributed by atoms with Crippen molar-refractivity contribution in [2.24, 2.45) is 12.0 Å². The number of esters is 1. The van der Waals surface area contributed by atoms with Crippen LogP contribution >= 0.6 is 23.4 Å². The first-order chi connectivity index (χ1) is 19.3. The molecule has 1 N–H and O–H groups in total. The maximum atomic E-state index is 14.9. The number of carbonyl (C=O) groups excluding carboxylic acids is 3. The molecule has 0 radical (unpaired) electrons. The van der Waals surface area contributed by atoms with Crippen LogP contribution in [0.15, 0.2) is 32.8 Å². The van der Waals surface area contributed by atoms with Crippen LogP contribution in [0, 0.1) is 5.82 Å². The van der Waals surface area contributed by atoms with Crippen molar-refractivity contribution in [3.05, 3.63) is 55.6 Å². The second-order valence-electron chi connectivity index (χ2n) is 8.53. The molecule has 2 heterocycles. The van der Waals surface area contributed by atoms with Crippen LogP contribution in [0.1, 0.15) is 19.0 Å². The van der Waals surface area contributed by atoms with Gasteiger partial charge in [0.1, 0.15) is 23.3 Å². The van der Waals surface area contributed by atoms with Gasteiger partial charge in [-0.3, -0.25) is 33.4 Å². The van der Waals surface area contributed by atoms with Gasteiger partial charge < -0.3 is 4.74 Å². The van der Waals surface area contributed by atoms with E-state index in [0.717, 1.165) is 24.3 Å². The van der Waals surface area contributed by atoms with Crippen LogP contribution in [-0.4, -0.2) is 70.1 Å². The quantitative estimate of drug-likeness (QED) is 0.325. The molecule has 1 aromatic heterocycles. The highest BCUT2D eigenvalue weighted by Crippen LogP contribution is 2.35. The standard InChI is InChI=1S/C22H20ClF4N5O8S2/c1-4-40-18(35)9-31-19(36)14(7-16(33)29-42(3,38)39)41-20(31)28-12-6-13(11(24)5-10(12)23)32-17(34)8-15(22(25,26)27)30(2)21(32)37/h5-6,8,14H,4,7,9H2,1-3H3,(H,29,33)/b28-20-. The van der Waals surface area contributed by atoms with Gasteiger partial charge in [0.2, 0.25) is 21.8 Å². The second kappa shape index (κ2) is 12.3. The van der Waals surface area contributed by atoms with Crippen molar-refractivity contribution < 1.29 is 45.1 Å². The molecular formula is C22H20ClF4N5O8S2. The zero-order chi connectivity index (χ0) is 31.7. The van der Waals surface area contributed by atoms with Gasteiger partial charge in [-0.15, -0.1) is 0 Å². The summed E-state index contributed by atoms with van der Waals surface area (Å²) in [6.45, 7) is 0.747. The van der Waals surface area contributed by atoms with E-state index in [9.17, 15) is 50.0 Å². The maximum absolute atomic E-state index is 14.9. The summed E-state index contributed by atoms with van der Waals surface area (Å²) >= 11 is 6.71. The number of hydrogen-bond donors (Lipinski definition) is 1. The van der Waals surface area contributed by atoms with Crippen molar-refractivity contribution in [2.75, 3.05) is 19.4 Å². The average molecular weight is 658 g/mol. The van der Waals surface area contributed by atoms with E-state index in [4.69, 9.17) is 16.3 Å². The third kappa shape index (κ3) is 7.37. The number of halogens is 5. The van der Waals surface area contributed by atoms with Gasteiger partial charge in [-0.2, -0.15) is 13.2 Å². The van der Waals surface area contributed by atoms with Gasteiger partial charge in [-0.25, -0.2) is 27.2 Å². The predicted octanol–water partition coefficient (Wildman–Crippen LogP) is 1.31. The largest absolute Gasteiger partial charge is 0.465 e. The molecule has 3 rings (SSSR count). The highest BCUT2D eigenvalue weighted by atomic mass is 35.5. The number of aliphatic imine (C=N–C) groups is 1. The molecule has 1 aromatic carbocycles. The van der Waals surface area contributed by atoms with E-state index in [1.807, 2.05) is 0 Å². The lowest BCUT2D eigenvalue weighted by atomic mass is 10.2. The van der Waals surface area contributed by atoms with Gasteiger partial charge in [-0.05, 0) is 19.1 Å². The summed E-state index contributed by atoms with van der Waals surface area (Å²) in [5.41, 5.74) is -5.84. The molecule has 228 valence electrons. The zero-order valence-corrected chi connectivity index (χ0v) is 24.1. The number of sulfonamides is 1. The molecular weight excluding hydrogens is 638 g/mol. The van der Waals surface area contributed by atoms with Crippen molar-refractivity contribution in [1.82, 2.24) is 18.8 Å². The molecule has 42 heavy (non-hydrogen) atoms. The summed E-state index contributed by atoms with van der Waals surface area (Å²) in [7, 11) is -3.23. The van der Waals surface area contributed by atoms with Crippen LogP contribution in [0.5, 0.6) is 0 Å². The first-order valence-corrected chi connectivity index (χ1v) is 14.6. The Kier molecular flexibility index (Phi) is 9.57. The van der Waals surface area contributed by atoms with Crippen molar-refractivity contribution >= 4 is 62.0 Å². The first kappa shape index (κ1) is 32.8. The number of benzene rings is 1. The van der Waals surface area contributed by atoms with E-state index in [1.54, 1.807) is 4.72 Å². The van der Waals surface area contributed by atoms with E-state index in [0.29, 0.717) is 17.8 Å². The molecule has 0 saturated carbocycles. The van der Waals surface area contributed by atoms with Crippen LogP contribution in [0.25, 0.3) is 5.69 Å². The third-order valence-electron chi connectivity index (χ3n) is 5.37. The van der Waals surface area contributed by atoms with Gasteiger partial charge in [0.25, 0.3) is 5.56 Å². The molecule has 1 unspecified atom stereocenters. The van der Waals surface area contributed by atoms with Crippen LogP contribution in [0.4, 0.5) is 23.2 Å². The maximum Gasteiger partial charge on any atom is 0.431 e. The summed E-state index contributed by atoms with van der Waals surface area (Å²) < 4.78 is 84.1. The number of thioether (sulfide) groups is 1. The Morgan fingerprint density at radius 3 is 2.40 bits per heavy atom. The van der Waals surface area contributed by atoms with Crippen molar-refractivity contribution in [3.8, 4) is 5.69 Å². The fourth-order valence-electron chi connectivity index (χ4n) is 3.63. The van der Waals surface area contributed by atoms with Crippen LogP contribution in [-0.2, 0) is 42.4 Å². The summed E-state index contributed by atoms with van der Waals surface area (Å²) in [5.74, 6) is -4.05. The molecule has 1 fully saturated rings. The number of carbonyl (C=O) groups is 3. The summed E-state index contributed by atoms with van der Waals surface area (Å²) in [4.78, 5) is 67.4. The van der Waals surface area contributed by atoms with E-state index in [1.165, 1.54) is 6.92 Å². The van der Waals surface area contributed by atoms with E-state index >= 15 is 0 Å². The Balaban J connectivity index is 2.12. The number of nitrogens with one attached hydrogen (secondary N) is 1. The lowest BCUT2D eigenvalue weighted by Crippen LogP contribution is -2.41. The van der Waals surface area contributed by atoms with Gasteiger partial charge in [0.05, 0.1) is 29.3 Å². The molecule has 2 aromatic rings. The lowest BCUT2D eigenvalue weighted by Gasteiger charge is -2.16. The van der Waals surface area contributed by atoms with E-state index in [2.05, 4.69) is 4.99 Å². The average Bonchev–Trinajstić information content (AvgIpc) is 3.11. The molecule has 0 spiro atoms. The van der Waals surface area contributed by atoms with Crippen molar-refractivity contribution in [1.29, 1.82) is 0 Å². The Morgan fingerprint density at radius 2 is 1.83 bits per heavy atom. The number of nitrogens with zero attached hydrogens (tertiary/aromatic N) is 4. The Bertz CT molecular complexity index is 1720. The predicted molar refractivity (Wildman–Crippen MR) is 142 cm³/mol. The number of amides is 2. The smallest absolute Gasteiger partial charge is 0.431 e. The molecule has 1 aliphatic rings. The molecule has 2 amide bonds. The highest BCUT2D eigenvalue weighted by Gasteiger charge is 2.41. The Labute approximate surface area is 243 Å². The fraction of sp³-hybridized carbons (Fsp3) is 0.364. The molecule has 20 heteroatoms. The molecule has 1 atom stereocenters. The van der Waals surface area contributed by atoms with E-state index in [-0.39, 0.29) is 32.7 Å². The summed E-state index contributed by atoms with van der Waals surface area (Å²) in [5, 5.41) is -1.98.